The summed E-state index contributed by atoms with van der Waals surface area (Å²) in [4.78, 5) is 23.2. The monoisotopic (exact) mass is 341 g/mol. The minimum absolute atomic E-state index is 0.0886. The van der Waals surface area contributed by atoms with Gasteiger partial charge in [-0.15, -0.1) is 0 Å². The van der Waals surface area contributed by atoms with Crippen LogP contribution in [0.25, 0.3) is 0 Å². The predicted octanol–water partition coefficient (Wildman–Crippen LogP) is 1.68. The molecule has 1 aliphatic carbocycles. The highest BCUT2D eigenvalue weighted by atomic mass is 16.5. The van der Waals surface area contributed by atoms with Gasteiger partial charge < -0.3 is 9.64 Å². The average Bonchev–Trinajstić information content (AvgIpc) is 3.37. The molecule has 1 saturated carbocycles. The first-order valence-corrected chi connectivity index (χ1v) is 8.85. The van der Waals surface area contributed by atoms with E-state index in [1.807, 2.05) is 22.6 Å². The first kappa shape index (κ1) is 16.2. The van der Waals surface area contributed by atoms with Gasteiger partial charge in [-0.3, -0.25) is 14.5 Å². The Morgan fingerprint density at radius 3 is 2.80 bits per heavy atom. The number of fused-ring (bicyclic) bond motifs is 1. The molecule has 3 heterocycles. The summed E-state index contributed by atoms with van der Waals surface area (Å²) in [6, 6.07) is 1.97. The summed E-state index contributed by atoms with van der Waals surface area (Å²) in [5.41, 5.74) is 2.23. The van der Waals surface area contributed by atoms with Crippen LogP contribution in [0.15, 0.2) is 24.7 Å². The van der Waals surface area contributed by atoms with Crippen molar-refractivity contribution in [2.45, 2.75) is 32.9 Å². The molecule has 132 valence electrons. The van der Waals surface area contributed by atoms with Crippen molar-refractivity contribution in [2.24, 2.45) is 11.8 Å². The van der Waals surface area contributed by atoms with Crippen LogP contribution < -0.4 is 0 Å². The zero-order chi connectivity index (χ0) is 17.2. The van der Waals surface area contributed by atoms with E-state index in [-0.39, 0.29) is 11.8 Å². The van der Waals surface area contributed by atoms with Crippen LogP contribution >= 0.6 is 0 Å². The highest BCUT2D eigenvalue weighted by molar-refractivity contribution is 5.92. The fraction of sp³-hybridized carbons (Fsp3) is 0.556. The third-order valence-corrected chi connectivity index (χ3v) is 4.76. The molecule has 7 nitrogen and oxygen atoms in total. The van der Waals surface area contributed by atoms with Gasteiger partial charge in [0.05, 0.1) is 30.7 Å². The topological polar surface area (TPSA) is 73.1 Å². The van der Waals surface area contributed by atoms with Crippen LogP contribution in [0.4, 0.5) is 0 Å². The number of ether oxygens (including phenoxy) is 1. The fourth-order valence-corrected chi connectivity index (χ4v) is 3.14. The lowest BCUT2D eigenvalue weighted by molar-refractivity contribution is 0.0564. The molecule has 0 bridgehead atoms. The van der Waals surface area contributed by atoms with E-state index >= 15 is 0 Å². The molecule has 2 aromatic heterocycles. The Morgan fingerprint density at radius 1 is 1.20 bits per heavy atom. The zero-order valence-corrected chi connectivity index (χ0v) is 14.5. The molecule has 1 atom stereocenters. The minimum Gasteiger partial charge on any atom is -0.381 e. The Morgan fingerprint density at radius 2 is 2.04 bits per heavy atom. The molecule has 25 heavy (non-hydrogen) atoms. The molecule has 0 saturated heterocycles. The largest absolute Gasteiger partial charge is 0.381 e. The van der Waals surface area contributed by atoms with Crippen molar-refractivity contribution in [1.82, 2.24) is 24.6 Å². The van der Waals surface area contributed by atoms with Gasteiger partial charge >= 0.3 is 0 Å². The van der Waals surface area contributed by atoms with E-state index in [0.29, 0.717) is 25.4 Å². The summed E-state index contributed by atoms with van der Waals surface area (Å²) in [5, 5.41) is 4.40. The number of aromatic nitrogens is 4. The van der Waals surface area contributed by atoms with Crippen LogP contribution in [0, 0.1) is 18.8 Å². The number of hydrogen-bond donors (Lipinski definition) is 0. The first-order valence-electron chi connectivity index (χ1n) is 8.85. The summed E-state index contributed by atoms with van der Waals surface area (Å²) in [7, 11) is 0. The highest BCUT2D eigenvalue weighted by Crippen LogP contribution is 2.29. The van der Waals surface area contributed by atoms with Crippen molar-refractivity contribution < 1.29 is 9.53 Å². The smallest absolute Gasteiger partial charge is 0.274 e. The fourth-order valence-electron chi connectivity index (χ4n) is 3.14. The second-order valence-electron chi connectivity index (χ2n) is 7.08. The van der Waals surface area contributed by atoms with E-state index in [1.54, 1.807) is 18.6 Å². The average molecular weight is 341 g/mol. The van der Waals surface area contributed by atoms with E-state index in [4.69, 9.17) is 4.74 Å². The second kappa shape index (κ2) is 6.92. The third kappa shape index (κ3) is 3.87. The maximum absolute atomic E-state index is 12.9. The molecule has 1 fully saturated rings. The van der Waals surface area contributed by atoms with E-state index in [1.165, 1.54) is 12.8 Å². The minimum atomic E-state index is -0.0886. The Bertz CT molecular complexity index is 738. The number of carbonyl (C=O) groups is 1. The van der Waals surface area contributed by atoms with Crippen LogP contribution in [-0.2, 0) is 17.8 Å². The number of hydrogen-bond acceptors (Lipinski definition) is 5. The van der Waals surface area contributed by atoms with Gasteiger partial charge in [-0.2, -0.15) is 5.10 Å². The van der Waals surface area contributed by atoms with Crippen molar-refractivity contribution in [3.63, 3.8) is 0 Å². The van der Waals surface area contributed by atoms with E-state index in [9.17, 15) is 4.79 Å². The molecule has 0 spiro atoms. The summed E-state index contributed by atoms with van der Waals surface area (Å²) >= 11 is 0. The predicted molar refractivity (Wildman–Crippen MR) is 90.8 cm³/mol. The van der Waals surface area contributed by atoms with Crippen LogP contribution in [-0.4, -0.2) is 50.3 Å². The van der Waals surface area contributed by atoms with E-state index in [0.717, 1.165) is 30.5 Å². The van der Waals surface area contributed by atoms with Gasteiger partial charge in [-0.1, -0.05) is 0 Å². The Labute approximate surface area is 147 Å². The lowest BCUT2D eigenvalue weighted by Gasteiger charge is -2.23. The number of rotatable bonds is 5. The molecule has 7 heteroatoms. The number of carbonyl (C=O) groups excluding carboxylic acids is 1. The van der Waals surface area contributed by atoms with Gasteiger partial charge in [0.25, 0.3) is 5.91 Å². The molecule has 0 aromatic carbocycles. The number of aryl methyl sites for hydroxylation is 1. The maximum Gasteiger partial charge on any atom is 0.274 e. The molecule has 1 aliphatic heterocycles. The SMILES string of the molecule is Cc1cnc(C(=O)N2Cc3ccnn3C[C@H](COCC3CC3)C2)cn1. The third-order valence-electron chi connectivity index (χ3n) is 4.76. The normalized spacial score (nSPS) is 20.2. The van der Waals surface area contributed by atoms with Crippen molar-refractivity contribution in [3.05, 3.63) is 41.7 Å². The Hall–Kier alpha value is -2.28. The lowest BCUT2D eigenvalue weighted by atomic mass is 10.1. The Kier molecular flexibility index (Phi) is 4.48. The van der Waals surface area contributed by atoms with Crippen LogP contribution in [0.1, 0.15) is 34.7 Å². The molecule has 4 rings (SSSR count). The zero-order valence-electron chi connectivity index (χ0n) is 14.5. The summed E-state index contributed by atoms with van der Waals surface area (Å²) in [6.45, 7) is 5.30. The number of amides is 1. The van der Waals surface area contributed by atoms with Gasteiger partial charge in [-0.25, -0.2) is 4.98 Å². The van der Waals surface area contributed by atoms with E-state index in [2.05, 4.69) is 15.1 Å². The standard InChI is InChI=1S/C18H23N5O2/c1-13-6-20-17(7-19-13)18(24)22-8-15(12-25-11-14-2-3-14)9-23-16(10-22)4-5-21-23/h4-7,14-15H,2-3,8-12H2,1H3/t15-/m1/s1. The molecule has 0 N–H and O–H groups in total. The molecular formula is C18H23N5O2. The van der Waals surface area contributed by atoms with Crippen molar-refractivity contribution in [1.29, 1.82) is 0 Å². The first-order chi connectivity index (χ1) is 12.2. The van der Waals surface area contributed by atoms with Crippen molar-refractivity contribution in [3.8, 4) is 0 Å². The van der Waals surface area contributed by atoms with Gasteiger partial charge in [-0.05, 0) is 31.7 Å². The van der Waals surface area contributed by atoms with Gasteiger partial charge in [0.1, 0.15) is 5.69 Å². The molecule has 2 aromatic rings. The molecular weight excluding hydrogens is 318 g/mol. The number of nitrogens with zero attached hydrogens (tertiary/aromatic N) is 5. The van der Waals surface area contributed by atoms with Gasteiger partial charge in [0.2, 0.25) is 0 Å². The molecule has 0 radical (unpaired) electrons. The van der Waals surface area contributed by atoms with E-state index < -0.39 is 0 Å². The highest BCUT2D eigenvalue weighted by Gasteiger charge is 2.28. The van der Waals surface area contributed by atoms with Crippen molar-refractivity contribution >= 4 is 5.91 Å². The quantitative estimate of drug-likeness (QED) is 0.827. The van der Waals surface area contributed by atoms with Gasteiger partial charge in [0, 0.05) is 38.0 Å². The molecule has 0 unspecified atom stereocenters. The van der Waals surface area contributed by atoms with Crippen LogP contribution in [0.2, 0.25) is 0 Å². The van der Waals surface area contributed by atoms with Crippen LogP contribution in [0.5, 0.6) is 0 Å². The second-order valence-corrected chi connectivity index (χ2v) is 7.08. The maximum atomic E-state index is 12.9. The molecule has 2 aliphatic rings. The Balaban J connectivity index is 1.49. The van der Waals surface area contributed by atoms with Gasteiger partial charge in [0.15, 0.2) is 0 Å². The molecule has 1 amide bonds. The summed E-state index contributed by atoms with van der Waals surface area (Å²) in [6.07, 6.45) is 7.54. The summed E-state index contributed by atoms with van der Waals surface area (Å²) < 4.78 is 7.87. The summed E-state index contributed by atoms with van der Waals surface area (Å²) in [5.74, 6) is 0.878. The van der Waals surface area contributed by atoms with Crippen molar-refractivity contribution in [2.75, 3.05) is 19.8 Å². The lowest BCUT2D eigenvalue weighted by Crippen LogP contribution is -2.36. The van der Waals surface area contributed by atoms with Crippen LogP contribution in [0.3, 0.4) is 0 Å².